The van der Waals surface area contributed by atoms with Crippen LogP contribution in [-0.4, -0.2) is 34.6 Å². The highest BCUT2D eigenvalue weighted by atomic mass is 35.5. The standard InChI is InChI=1S/C23H28Cl2N2O2S/c1-4-16(2)26-23(29)17(3)27(15-19-20(24)11-8-12-21(19)25)22(28)13-14-30-18-9-6-5-7-10-18/h5-12,16-17H,4,13-15H2,1-3H3,(H,26,29)/t16-,17-/m1/s1. The maximum atomic E-state index is 13.1. The van der Waals surface area contributed by atoms with Gasteiger partial charge in [-0.3, -0.25) is 9.59 Å². The van der Waals surface area contributed by atoms with E-state index in [9.17, 15) is 9.59 Å². The number of nitrogens with one attached hydrogen (secondary N) is 1. The molecule has 0 unspecified atom stereocenters. The molecule has 0 aliphatic rings. The van der Waals surface area contributed by atoms with E-state index < -0.39 is 6.04 Å². The summed E-state index contributed by atoms with van der Waals surface area (Å²) in [6.07, 6.45) is 1.12. The molecular formula is C23H28Cl2N2O2S. The molecule has 2 aromatic rings. The highest BCUT2D eigenvalue weighted by molar-refractivity contribution is 7.99. The number of benzene rings is 2. The molecule has 4 nitrogen and oxygen atoms in total. The molecule has 162 valence electrons. The van der Waals surface area contributed by atoms with Crippen molar-refractivity contribution in [1.29, 1.82) is 0 Å². The Hall–Kier alpha value is -1.69. The van der Waals surface area contributed by atoms with Crippen LogP contribution in [0.15, 0.2) is 53.4 Å². The van der Waals surface area contributed by atoms with Gasteiger partial charge in [-0.2, -0.15) is 0 Å². The normalized spacial score (nSPS) is 12.8. The molecule has 0 spiro atoms. The van der Waals surface area contributed by atoms with E-state index in [4.69, 9.17) is 23.2 Å². The van der Waals surface area contributed by atoms with E-state index in [1.165, 1.54) is 0 Å². The fourth-order valence-corrected chi connectivity index (χ4v) is 4.20. The van der Waals surface area contributed by atoms with E-state index in [-0.39, 0.29) is 24.4 Å². The summed E-state index contributed by atoms with van der Waals surface area (Å²) in [5.41, 5.74) is 0.646. The minimum Gasteiger partial charge on any atom is -0.352 e. The summed E-state index contributed by atoms with van der Waals surface area (Å²) in [6.45, 7) is 5.87. The Morgan fingerprint density at radius 2 is 1.67 bits per heavy atom. The van der Waals surface area contributed by atoms with Crippen LogP contribution in [0, 0.1) is 0 Å². The van der Waals surface area contributed by atoms with Gasteiger partial charge in [-0.05, 0) is 44.5 Å². The number of rotatable bonds is 10. The molecule has 2 rings (SSSR count). The SMILES string of the molecule is CC[C@@H](C)NC(=O)[C@@H](C)N(Cc1c(Cl)cccc1Cl)C(=O)CCSc1ccccc1. The molecule has 0 fully saturated rings. The third-order valence-electron chi connectivity index (χ3n) is 4.89. The van der Waals surface area contributed by atoms with Crippen LogP contribution in [0.4, 0.5) is 0 Å². The van der Waals surface area contributed by atoms with Crippen molar-refractivity contribution in [2.45, 2.75) is 57.1 Å². The van der Waals surface area contributed by atoms with Gasteiger partial charge in [0.2, 0.25) is 11.8 Å². The summed E-state index contributed by atoms with van der Waals surface area (Å²) in [4.78, 5) is 28.5. The quantitative estimate of drug-likeness (QED) is 0.449. The molecule has 0 bridgehead atoms. The lowest BCUT2D eigenvalue weighted by Gasteiger charge is -2.30. The second-order valence-corrected chi connectivity index (χ2v) is 9.11. The lowest BCUT2D eigenvalue weighted by molar-refractivity contribution is -0.140. The highest BCUT2D eigenvalue weighted by Gasteiger charge is 2.27. The van der Waals surface area contributed by atoms with Crippen LogP contribution in [0.2, 0.25) is 10.0 Å². The van der Waals surface area contributed by atoms with Gasteiger partial charge in [-0.25, -0.2) is 0 Å². The minimum atomic E-state index is -0.638. The summed E-state index contributed by atoms with van der Waals surface area (Å²) in [5, 5.41) is 3.92. The van der Waals surface area contributed by atoms with Crippen molar-refractivity contribution in [3.63, 3.8) is 0 Å². The maximum Gasteiger partial charge on any atom is 0.242 e. The zero-order valence-corrected chi connectivity index (χ0v) is 19.9. The molecule has 2 aromatic carbocycles. The van der Waals surface area contributed by atoms with Gasteiger partial charge in [-0.1, -0.05) is 54.4 Å². The van der Waals surface area contributed by atoms with Gasteiger partial charge < -0.3 is 10.2 Å². The summed E-state index contributed by atoms with van der Waals surface area (Å²) in [6, 6.07) is 14.6. The van der Waals surface area contributed by atoms with Crippen LogP contribution >= 0.6 is 35.0 Å². The topological polar surface area (TPSA) is 49.4 Å². The van der Waals surface area contributed by atoms with E-state index in [1.807, 2.05) is 44.2 Å². The Labute approximate surface area is 193 Å². The molecule has 0 heterocycles. The van der Waals surface area contributed by atoms with E-state index in [2.05, 4.69) is 5.32 Å². The van der Waals surface area contributed by atoms with E-state index >= 15 is 0 Å². The average molecular weight is 467 g/mol. The number of carbonyl (C=O) groups is 2. The molecular weight excluding hydrogens is 439 g/mol. The Balaban J connectivity index is 2.14. The van der Waals surface area contributed by atoms with Crippen LogP contribution in [0.1, 0.15) is 39.2 Å². The van der Waals surface area contributed by atoms with Crippen molar-refractivity contribution in [1.82, 2.24) is 10.2 Å². The number of hydrogen-bond donors (Lipinski definition) is 1. The molecule has 0 radical (unpaired) electrons. The highest BCUT2D eigenvalue weighted by Crippen LogP contribution is 2.27. The lowest BCUT2D eigenvalue weighted by Crippen LogP contribution is -2.49. The van der Waals surface area contributed by atoms with Crippen molar-refractivity contribution < 1.29 is 9.59 Å². The van der Waals surface area contributed by atoms with Gasteiger partial charge in [-0.15, -0.1) is 11.8 Å². The second-order valence-electron chi connectivity index (χ2n) is 7.13. The number of thioether (sulfide) groups is 1. The first kappa shape index (κ1) is 24.6. The second kappa shape index (κ2) is 12.2. The predicted molar refractivity (Wildman–Crippen MR) is 126 cm³/mol. The molecule has 7 heteroatoms. The zero-order valence-electron chi connectivity index (χ0n) is 17.5. The Morgan fingerprint density at radius 3 is 2.27 bits per heavy atom. The number of carbonyl (C=O) groups excluding carboxylic acids is 2. The van der Waals surface area contributed by atoms with Gasteiger partial charge >= 0.3 is 0 Å². The van der Waals surface area contributed by atoms with E-state index in [0.29, 0.717) is 27.8 Å². The van der Waals surface area contributed by atoms with Crippen LogP contribution in [0.5, 0.6) is 0 Å². The Bertz CT molecular complexity index is 828. The van der Waals surface area contributed by atoms with Crippen LogP contribution in [-0.2, 0) is 16.1 Å². The lowest BCUT2D eigenvalue weighted by atomic mass is 10.1. The molecule has 0 aliphatic carbocycles. The first-order chi connectivity index (χ1) is 14.3. The van der Waals surface area contributed by atoms with Crippen molar-refractivity contribution in [3.05, 3.63) is 64.1 Å². The fraction of sp³-hybridized carbons (Fsp3) is 0.391. The van der Waals surface area contributed by atoms with Crippen molar-refractivity contribution >= 4 is 46.8 Å². The number of amides is 2. The maximum absolute atomic E-state index is 13.1. The van der Waals surface area contributed by atoms with E-state index in [1.54, 1.807) is 41.8 Å². The molecule has 2 atom stereocenters. The monoisotopic (exact) mass is 466 g/mol. The van der Waals surface area contributed by atoms with Crippen molar-refractivity contribution in [3.8, 4) is 0 Å². The minimum absolute atomic E-state index is 0.0365. The van der Waals surface area contributed by atoms with Gasteiger partial charge in [0, 0.05) is 45.3 Å². The van der Waals surface area contributed by atoms with E-state index in [0.717, 1.165) is 11.3 Å². The van der Waals surface area contributed by atoms with Gasteiger partial charge in [0.15, 0.2) is 0 Å². The number of nitrogens with zero attached hydrogens (tertiary/aromatic N) is 1. The average Bonchev–Trinajstić information content (AvgIpc) is 2.73. The molecule has 1 N–H and O–H groups in total. The predicted octanol–water partition coefficient (Wildman–Crippen LogP) is 5.81. The summed E-state index contributed by atoms with van der Waals surface area (Å²) >= 11 is 14.3. The van der Waals surface area contributed by atoms with Gasteiger partial charge in [0.25, 0.3) is 0 Å². The first-order valence-electron chi connectivity index (χ1n) is 10.0. The summed E-state index contributed by atoms with van der Waals surface area (Å²) in [7, 11) is 0. The third-order valence-corrected chi connectivity index (χ3v) is 6.61. The Morgan fingerprint density at radius 1 is 1.03 bits per heavy atom. The molecule has 0 saturated heterocycles. The molecule has 0 aromatic heterocycles. The molecule has 0 aliphatic heterocycles. The van der Waals surface area contributed by atoms with Crippen LogP contribution < -0.4 is 5.32 Å². The van der Waals surface area contributed by atoms with Crippen LogP contribution in [0.25, 0.3) is 0 Å². The largest absolute Gasteiger partial charge is 0.352 e. The number of halogens is 2. The van der Waals surface area contributed by atoms with Gasteiger partial charge in [0.05, 0.1) is 0 Å². The summed E-state index contributed by atoms with van der Waals surface area (Å²) in [5.74, 6) is 0.327. The van der Waals surface area contributed by atoms with Gasteiger partial charge in [0.1, 0.15) is 6.04 Å². The molecule has 30 heavy (non-hydrogen) atoms. The molecule has 0 saturated carbocycles. The van der Waals surface area contributed by atoms with Crippen molar-refractivity contribution in [2.24, 2.45) is 0 Å². The third kappa shape index (κ3) is 7.22. The Kier molecular flexibility index (Phi) is 10.0. The first-order valence-corrected chi connectivity index (χ1v) is 11.8. The zero-order chi connectivity index (χ0) is 22.1. The van der Waals surface area contributed by atoms with Crippen molar-refractivity contribution in [2.75, 3.05) is 5.75 Å². The van der Waals surface area contributed by atoms with Crippen LogP contribution in [0.3, 0.4) is 0 Å². The number of hydrogen-bond acceptors (Lipinski definition) is 3. The molecule has 2 amide bonds. The summed E-state index contributed by atoms with van der Waals surface area (Å²) < 4.78 is 0. The fourth-order valence-electron chi connectivity index (χ4n) is 2.82. The smallest absolute Gasteiger partial charge is 0.242 e.